The first kappa shape index (κ1) is 11.0. The van der Waals surface area contributed by atoms with E-state index in [2.05, 4.69) is 15.2 Å². The van der Waals surface area contributed by atoms with Crippen LogP contribution in [0.2, 0.25) is 5.02 Å². The lowest BCUT2D eigenvalue weighted by molar-refractivity contribution is 1.10. The smallest absolute Gasteiger partial charge is 0.0888 e. The summed E-state index contributed by atoms with van der Waals surface area (Å²) in [4.78, 5) is 4.29. The number of benzene rings is 1. The van der Waals surface area contributed by atoms with Crippen molar-refractivity contribution in [3.05, 3.63) is 59.9 Å². The van der Waals surface area contributed by atoms with Crippen LogP contribution in [0.1, 0.15) is 0 Å². The van der Waals surface area contributed by atoms with Crippen molar-refractivity contribution in [2.45, 2.75) is 0 Å². The van der Waals surface area contributed by atoms with Gasteiger partial charge in [0.25, 0.3) is 0 Å². The second-order valence-corrected chi connectivity index (χ2v) is 4.29. The third-order valence-electron chi connectivity index (χ3n) is 2.73. The molecule has 3 rings (SSSR count). The van der Waals surface area contributed by atoms with E-state index in [1.807, 2.05) is 42.5 Å². The Hall–Kier alpha value is -2.13. The molecule has 2 heterocycles. The second kappa shape index (κ2) is 4.63. The molecule has 1 aromatic carbocycles. The zero-order valence-electron chi connectivity index (χ0n) is 9.47. The minimum absolute atomic E-state index is 0.659. The highest BCUT2D eigenvalue weighted by Crippen LogP contribution is 2.27. The standard InChI is InChI=1S/C14H10ClN3/c15-12-2-1-8-16-14(12)11-5-3-10(4-6-11)13-7-9-17-18-13/h1-9H,(H,17,18). The first-order valence-corrected chi connectivity index (χ1v) is 5.93. The van der Waals surface area contributed by atoms with Gasteiger partial charge in [0.05, 0.1) is 16.4 Å². The van der Waals surface area contributed by atoms with Crippen molar-refractivity contribution in [3.8, 4) is 22.5 Å². The van der Waals surface area contributed by atoms with E-state index in [1.54, 1.807) is 12.4 Å². The van der Waals surface area contributed by atoms with E-state index >= 15 is 0 Å². The minimum atomic E-state index is 0.659. The predicted octanol–water partition coefficient (Wildman–Crippen LogP) is 3.79. The first-order valence-electron chi connectivity index (χ1n) is 5.55. The zero-order valence-corrected chi connectivity index (χ0v) is 10.2. The topological polar surface area (TPSA) is 41.6 Å². The molecule has 1 N–H and O–H groups in total. The van der Waals surface area contributed by atoms with Crippen molar-refractivity contribution < 1.29 is 0 Å². The van der Waals surface area contributed by atoms with Gasteiger partial charge >= 0.3 is 0 Å². The molecular weight excluding hydrogens is 246 g/mol. The molecule has 0 aliphatic carbocycles. The molecule has 0 unspecified atom stereocenters. The Morgan fingerprint density at radius 1 is 0.889 bits per heavy atom. The van der Waals surface area contributed by atoms with Crippen LogP contribution < -0.4 is 0 Å². The van der Waals surface area contributed by atoms with Gasteiger partial charge in [-0.15, -0.1) is 0 Å². The van der Waals surface area contributed by atoms with Crippen LogP contribution in [0.15, 0.2) is 54.9 Å². The van der Waals surface area contributed by atoms with Gasteiger partial charge in [-0.05, 0) is 23.8 Å². The molecule has 0 saturated carbocycles. The van der Waals surface area contributed by atoms with Crippen LogP contribution >= 0.6 is 11.6 Å². The van der Waals surface area contributed by atoms with Crippen LogP contribution in [0.4, 0.5) is 0 Å². The SMILES string of the molecule is Clc1cccnc1-c1ccc(-c2ccn[nH]2)cc1. The van der Waals surface area contributed by atoms with E-state index in [4.69, 9.17) is 11.6 Å². The van der Waals surface area contributed by atoms with Gasteiger partial charge < -0.3 is 0 Å². The highest BCUT2D eigenvalue weighted by atomic mass is 35.5. The van der Waals surface area contributed by atoms with Gasteiger partial charge in [0, 0.05) is 18.0 Å². The number of hydrogen-bond donors (Lipinski definition) is 1. The van der Waals surface area contributed by atoms with Crippen molar-refractivity contribution in [1.29, 1.82) is 0 Å². The molecule has 18 heavy (non-hydrogen) atoms. The fourth-order valence-corrected chi connectivity index (χ4v) is 2.05. The summed E-state index contributed by atoms with van der Waals surface area (Å²) in [6.45, 7) is 0. The Labute approximate surface area is 109 Å². The van der Waals surface area contributed by atoms with E-state index < -0.39 is 0 Å². The van der Waals surface area contributed by atoms with Crippen molar-refractivity contribution in [1.82, 2.24) is 15.2 Å². The highest BCUT2D eigenvalue weighted by molar-refractivity contribution is 6.33. The van der Waals surface area contributed by atoms with E-state index in [9.17, 15) is 0 Å². The van der Waals surface area contributed by atoms with Crippen LogP contribution in [0.3, 0.4) is 0 Å². The van der Waals surface area contributed by atoms with Gasteiger partial charge in [0.1, 0.15) is 0 Å². The molecule has 0 radical (unpaired) electrons. The number of aromatic nitrogens is 3. The molecule has 3 nitrogen and oxygen atoms in total. The molecule has 2 aromatic heterocycles. The van der Waals surface area contributed by atoms with Gasteiger partial charge in [0.2, 0.25) is 0 Å². The van der Waals surface area contributed by atoms with Crippen LogP contribution in [0, 0.1) is 0 Å². The molecule has 4 heteroatoms. The number of rotatable bonds is 2. The van der Waals surface area contributed by atoms with Gasteiger partial charge in [-0.25, -0.2) is 0 Å². The Morgan fingerprint density at radius 3 is 2.33 bits per heavy atom. The van der Waals surface area contributed by atoms with Gasteiger partial charge in [-0.3, -0.25) is 10.1 Å². The summed E-state index contributed by atoms with van der Waals surface area (Å²) in [7, 11) is 0. The van der Waals surface area contributed by atoms with Crippen molar-refractivity contribution in [3.63, 3.8) is 0 Å². The van der Waals surface area contributed by atoms with Crippen LogP contribution in [-0.4, -0.2) is 15.2 Å². The Morgan fingerprint density at radius 2 is 1.67 bits per heavy atom. The molecule has 0 fully saturated rings. The predicted molar refractivity (Wildman–Crippen MR) is 72.3 cm³/mol. The highest BCUT2D eigenvalue weighted by Gasteiger charge is 2.05. The summed E-state index contributed by atoms with van der Waals surface area (Å²) in [5, 5.41) is 7.53. The van der Waals surface area contributed by atoms with E-state index in [1.165, 1.54) is 0 Å². The van der Waals surface area contributed by atoms with Crippen LogP contribution in [0.25, 0.3) is 22.5 Å². The fourth-order valence-electron chi connectivity index (χ4n) is 1.82. The number of nitrogens with one attached hydrogen (secondary N) is 1. The van der Waals surface area contributed by atoms with Gasteiger partial charge in [-0.2, -0.15) is 5.10 Å². The number of aromatic amines is 1. The van der Waals surface area contributed by atoms with E-state index in [0.29, 0.717) is 5.02 Å². The Kier molecular flexibility index (Phi) is 2.82. The summed E-state index contributed by atoms with van der Waals surface area (Å²) >= 11 is 6.12. The average molecular weight is 256 g/mol. The third-order valence-corrected chi connectivity index (χ3v) is 3.03. The van der Waals surface area contributed by atoms with Gasteiger partial charge in [-0.1, -0.05) is 35.9 Å². The maximum atomic E-state index is 6.12. The van der Waals surface area contributed by atoms with Crippen molar-refractivity contribution in [2.24, 2.45) is 0 Å². The van der Waals surface area contributed by atoms with Crippen molar-refractivity contribution >= 4 is 11.6 Å². The maximum Gasteiger partial charge on any atom is 0.0888 e. The molecular formula is C14H10ClN3. The number of halogens is 1. The van der Waals surface area contributed by atoms with Crippen LogP contribution in [-0.2, 0) is 0 Å². The lowest BCUT2D eigenvalue weighted by Crippen LogP contribution is -1.85. The Bertz CT molecular complexity index is 645. The molecule has 0 spiro atoms. The van der Waals surface area contributed by atoms with E-state index in [-0.39, 0.29) is 0 Å². The van der Waals surface area contributed by atoms with Crippen molar-refractivity contribution in [2.75, 3.05) is 0 Å². The molecule has 0 aliphatic rings. The number of hydrogen-bond acceptors (Lipinski definition) is 2. The summed E-state index contributed by atoms with van der Waals surface area (Å²) in [6.07, 6.45) is 3.48. The number of H-pyrrole nitrogens is 1. The molecule has 3 aromatic rings. The zero-order chi connectivity index (χ0) is 12.4. The lowest BCUT2D eigenvalue weighted by atomic mass is 10.1. The first-order chi connectivity index (χ1) is 8.84. The average Bonchev–Trinajstić information content (AvgIpc) is 2.94. The Balaban J connectivity index is 1.99. The summed E-state index contributed by atoms with van der Waals surface area (Å²) in [6, 6.07) is 13.6. The van der Waals surface area contributed by atoms with Crippen LogP contribution in [0.5, 0.6) is 0 Å². The summed E-state index contributed by atoms with van der Waals surface area (Å²) in [5.74, 6) is 0. The molecule has 0 amide bonds. The minimum Gasteiger partial charge on any atom is -0.278 e. The quantitative estimate of drug-likeness (QED) is 0.757. The summed E-state index contributed by atoms with van der Waals surface area (Å²) < 4.78 is 0. The number of nitrogens with zero attached hydrogens (tertiary/aromatic N) is 2. The molecule has 0 bridgehead atoms. The molecule has 0 saturated heterocycles. The monoisotopic (exact) mass is 255 g/mol. The fraction of sp³-hybridized carbons (Fsp3) is 0. The van der Waals surface area contributed by atoms with Gasteiger partial charge in [0.15, 0.2) is 0 Å². The maximum absolute atomic E-state index is 6.12. The molecule has 0 atom stereocenters. The normalized spacial score (nSPS) is 10.5. The largest absolute Gasteiger partial charge is 0.278 e. The molecule has 0 aliphatic heterocycles. The lowest BCUT2D eigenvalue weighted by Gasteiger charge is -2.04. The second-order valence-electron chi connectivity index (χ2n) is 3.88. The summed E-state index contributed by atoms with van der Waals surface area (Å²) in [5.41, 5.74) is 3.89. The third kappa shape index (κ3) is 2.00. The molecule has 88 valence electrons. The number of pyridine rings is 1. The van der Waals surface area contributed by atoms with E-state index in [0.717, 1.165) is 22.5 Å².